The number of nitrogen functional groups attached to an aromatic ring is 1. The van der Waals surface area contributed by atoms with Crippen LogP contribution in [0, 0.1) is 13.8 Å². The number of nitrogens with two attached hydrogens (primary N) is 1. The van der Waals surface area contributed by atoms with Crippen LogP contribution in [-0.2, 0) is 40.3 Å². The molecule has 0 saturated carbocycles. The number of aryl methyl sites for hydroxylation is 2. The number of anilines is 1. The number of aromatic nitrogens is 6. The first kappa shape index (κ1) is 82.4. The van der Waals surface area contributed by atoms with Crippen LogP contribution in [0.25, 0.3) is 49.9 Å². The number of hydrogen-bond acceptors (Lipinski definition) is 20. The van der Waals surface area contributed by atoms with E-state index in [9.17, 15) is 38.4 Å². The summed E-state index contributed by atoms with van der Waals surface area (Å²) in [5, 5.41) is 6.56. The number of rotatable bonds is 17. The average Bonchev–Trinajstić information content (AvgIpc) is 1.74. The minimum Gasteiger partial charge on any atom is -0.496 e. The van der Waals surface area contributed by atoms with Gasteiger partial charge in [0.05, 0.1) is 140 Å². The van der Waals surface area contributed by atoms with Crippen molar-refractivity contribution in [1.29, 1.82) is 0 Å². The molecule has 550 valence electrons. The number of ether oxygens (including phenoxy) is 6. The van der Waals surface area contributed by atoms with Crippen molar-refractivity contribution in [2.24, 2.45) is 0 Å². The molecule has 0 radical (unpaired) electrons. The number of benzene rings is 6. The zero-order chi connectivity index (χ0) is 77.8. The first-order valence-electron chi connectivity index (χ1n) is 31.9. The van der Waals surface area contributed by atoms with Crippen molar-refractivity contribution in [3.63, 3.8) is 0 Å². The maximum Gasteiger partial charge on any atom is 0.261 e. The molecule has 12 aromatic rings. The topological polar surface area (TPSA) is 293 Å². The predicted molar refractivity (Wildman–Crippen MR) is 430 cm³/mol. The standard InChI is InChI=1S/C22H19N3O4.C17H13BrN2O3.C12H9BrO3.C11H7BrClNO2.C10H11BrO2.C7H8BrNO/c1-13-21(14(2)29-24-13)18-9-15-8-16(12-26)22(27)25(19(15)10-20(18)28-3)11-17-6-4-5-7-23-17;1-23-16-8-15-11(7-14(16)18)6-12(10-21)17(22)20(15)9-13-4-2-3-5-19-13;1-16-12-5-8-4-11(15)9(6-14)2-7(8)3-10(12)13;1-16-10-4-9-6(3-8(10)12)2-7(5-15)11(13)14-9;1-7(12)5-8-3-4-9(11)10(6-8)13-2;1-10-7-4-5(9)2-3-6(7)8/h4-10,12H,11H2,1-3H3;2-8,10H,9H2,1H3;2-3,5-6H,4H2,1H3;2-5H,1H3;3-4,6H,5H2,1-2H3;2-4H,9H2,1H3. The molecule has 0 unspecified atom stereocenters. The van der Waals surface area contributed by atoms with Gasteiger partial charge in [-0.25, -0.2) is 4.98 Å². The number of fused-ring (bicyclic) bond motifs is 4. The molecule has 6 aromatic heterocycles. The Labute approximate surface area is 660 Å². The van der Waals surface area contributed by atoms with Gasteiger partial charge in [0.2, 0.25) is 0 Å². The van der Waals surface area contributed by atoms with E-state index in [0.717, 1.165) is 89.2 Å². The Balaban J connectivity index is 0.000000168. The third-order valence-electron chi connectivity index (χ3n) is 16.1. The van der Waals surface area contributed by atoms with Gasteiger partial charge in [0, 0.05) is 76.9 Å². The molecule has 22 nitrogen and oxygen atoms in total. The number of nitrogens with zero attached hydrogens (tertiary/aromatic N) is 6. The van der Waals surface area contributed by atoms with E-state index < -0.39 is 0 Å². The van der Waals surface area contributed by atoms with Gasteiger partial charge < -0.3 is 47.8 Å². The van der Waals surface area contributed by atoms with E-state index in [1.54, 1.807) is 115 Å². The van der Waals surface area contributed by atoms with E-state index in [1.807, 2.05) is 111 Å². The zero-order valence-corrected chi connectivity index (χ0v) is 67.5. The van der Waals surface area contributed by atoms with Crippen LogP contribution in [0.15, 0.2) is 194 Å². The molecule has 107 heavy (non-hydrogen) atoms. The fourth-order valence-electron chi connectivity index (χ4n) is 10.9. The van der Waals surface area contributed by atoms with Crippen molar-refractivity contribution in [1.82, 2.24) is 29.2 Å². The fourth-order valence-corrected chi connectivity index (χ4v) is 13.4. The molecule has 0 spiro atoms. The molecule has 0 amide bonds. The van der Waals surface area contributed by atoms with E-state index >= 15 is 0 Å². The van der Waals surface area contributed by atoms with Crippen molar-refractivity contribution in [3.8, 4) is 45.6 Å². The lowest BCUT2D eigenvalue weighted by atomic mass is 9.91. The molecule has 2 N–H and O–H groups in total. The van der Waals surface area contributed by atoms with Crippen molar-refractivity contribution in [2.45, 2.75) is 46.7 Å². The maximum absolute atomic E-state index is 12.9. The van der Waals surface area contributed by atoms with Gasteiger partial charge in [-0.2, -0.15) is 0 Å². The summed E-state index contributed by atoms with van der Waals surface area (Å²) in [5.41, 5.74) is 14.9. The first-order valence-corrected chi connectivity index (χ1v) is 36.3. The van der Waals surface area contributed by atoms with Crippen molar-refractivity contribution in [2.75, 3.05) is 48.4 Å². The van der Waals surface area contributed by atoms with E-state index in [1.165, 1.54) is 4.57 Å². The van der Waals surface area contributed by atoms with E-state index in [4.69, 9.17) is 50.3 Å². The molecule has 0 atom stereocenters. The summed E-state index contributed by atoms with van der Waals surface area (Å²) in [4.78, 5) is 105. The molecule has 0 bridgehead atoms. The SMILES string of the molecule is COc1cc(CC(C)=O)ccc1Br.COc1cc(N)ccc1Br.COc1cc2c(cc1-c1c(C)noc1C)cc(C=O)c(=O)n2Cc1ccccn1.COc1cc2c(cc1Br)C=C(C=O)C(=O)C2.COc1cc2c(cc1Br)cc(C=O)c(=O)n2Cc1ccccn1.COc1cc2nc(Cl)c(C=O)cc2cc1Br. The summed E-state index contributed by atoms with van der Waals surface area (Å²) in [6.45, 7) is 5.79. The number of allylic oxidation sites excluding steroid dienone is 1. The molecule has 28 heteroatoms. The number of methoxy groups -OCH3 is 6. The number of pyridine rings is 5. The largest absolute Gasteiger partial charge is 0.496 e. The lowest BCUT2D eigenvalue weighted by Crippen LogP contribution is -2.25. The Morgan fingerprint density at radius 2 is 1.04 bits per heavy atom. The summed E-state index contributed by atoms with van der Waals surface area (Å²) in [6, 6.07) is 41.6. The van der Waals surface area contributed by atoms with Gasteiger partial charge in [-0.15, -0.1) is 0 Å². The van der Waals surface area contributed by atoms with Crippen LogP contribution in [0.5, 0.6) is 34.5 Å². The maximum atomic E-state index is 12.9. The number of Topliss-reactive ketones (excluding diaryl/α,β-unsaturated/α-hetero) is 2. The van der Waals surface area contributed by atoms with Crippen LogP contribution in [0.3, 0.4) is 0 Å². The molecule has 6 heterocycles. The molecular weight excluding hydrogens is 1720 g/mol. The Morgan fingerprint density at radius 3 is 1.53 bits per heavy atom. The summed E-state index contributed by atoms with van der Waals surface area (Å²) in [7, 11) is 9.51. The highest BCUT2D eigenvalue weighted by atomic mass is 79.9. The minimum atomic E-state index is -0.370. The predicted octanol–water partition coefficient (Wildman–Crippen LogP) is 16.8. The Bertz CT molecular complexity index is 5470. The van der Waals surface area contributed by atoms with Gasteiger partial charge in [0.25, 0.3) is 11.1 Å². The lowest BCUT2D eigenvalue weighted by Gasteiger charge is -2.15. The molecule has 6 aromatic carbocycles. The summed E-state index contributed by atoms with van der Waals surface area (Å²) < 4.78 is 43.9. The highest BCUT2D eigenvalue weighted by Crippen LogP contribution is 2.39. The van der Waals surface area contributed by atoms with Crippen LogP contribution in [-0.4, -0.2) is 109 Å². The van der Waals surface area contributed by atoms with Gasteiger partial charge in [-0.3, -0.25) is 48.3 Å². The monoisotopic (exact) mass is 1780 g/mol. The molecule has 1 aliphatic rings. The second kappa shape index (κ2) is 38.8. The Kier molecular flexibility index (Phi) is 29.9. The normalized spacial score (nSPS) is 11.0. The van der Waals surface area contributed by atoms with Crippen molar-refractivity contribution in [3.05, 3.63) is 262 Å². The van der Waals surface area contributed by atoms with E-state index in [2.05, 4.69) is 99.8 Å². The smallest absolute Gasteiger partial charge is 0.261 e. The third kappa shape index (κ3) is 20.9. The number of ketones is 2. The summed E-state index contributed by atoms with van der Waals surface area (Å²) >= 11 is 22.7. The first-order chi connectivity index (χ1) is 51.3. The number of halogens is 6. The quantitative estimate of drug-likeness (QED) is 0.0383. The second-order valence-corrected chi connectivity index (χ2v) is 27.8. The van der Waals surface area contributed by atoms with Gasteiger partial charge in [-0.05, 0) is 220 Å². The average molecular weight is 1790 g/mol. The van der Waals surface area contributed by atoms with Crippen molar-refractivity contribution < 1.29 is 61.7 Å². The highest BCUT2D eigenvalue weighted by molar-refractivity contribution is 9.11. The van der Waals surface area contributed by atoms with Crippen LogP contribution < -0.4 is 45.3 Å². The minimum absolute atomic E-state index is 0.0864. The van der Waals surface area contributed by atoms with Crippen LogP contribution in [0.2, 0.25) is 5.15 Å². The van der Waals surface area contributed by atoms with Crippen LogP contribution in [0.1, 0.15) is 77.5 Å². The summed E-state index contributed by atoms with van der Waals surface area (Å²) in [6.07, 6.45) is 8.11. The molecule has 0 fully saturated rings. The third-order valence-corrected chi connectivity index (χ3v) is 19.5. The zero-order valence-electron chi connectivity index (χ0n) is 58.8. The summed E-state index contributed by atoms with van der Waals surface area (Å²) in [5.74, 6) is 4.77. The molecule has 13 rings (SSSR count). The Morgan fingerprint density at radius 1 is 0.551 bits per heavy atom. The fraction of sp³-hybridized carbons (Fsp3) is 0.165. The molecule has 1 aliphatic carbocycles. The number of carbonyl (C=O) groups is 6. The number of carbonyl (C=O) groups excluding carboxylic acids is 6. The number of aldehydes is 4. The van der Waals surface area contributed by atoms with E-state index in [-0.39, 0.29) is 64.0 Å². The number of hydrogen-bond donors (Lipinski definition) is 1. The molecule has 0 saturated heterocycles. The van der Waals surface area contributed by atoms with Gasteiger partial charge in [-0.1, -0.05) is 35.0 Å². The van der Waals surface area contributed by atoms with Gasteiger partial charge in [0.1, 0.15) is 51.2 Å². The highest BCUT2D eigenvalue weighted by Gasteiger charge is 2.22. The van der Waals surface area contributed by atoms with Crippen molar-refractivity contribution >= 4 is 172 Å². The van der Waals surface area contributed by atoms with Crippen LogP contribution >= 0.6 is 91.3 Å². The Hall–Kier alpha value is -10.3. The van der Waals surface area contributed by atoms with E-state index in [0.29, 0.717) is 93.8 Å². The molecular formula is C79H67Br5ClN7O15. The van der Waals surface area contributed by atoms with Crippen LogP contribution in [0.4, 0.5) is 5.69 Å². The van der Waals surface area contributed by atoms with Gasteiger partial charge in [0.15, 0.2) is 30.9 Å². The van der Waals surface area contributed by atoms with Gasteiger partial charge >= 0.3 is 0 Å². The lowest BCUT2D eigenvalue weighted by molar-refractivity contribution is -0.117. The molecule has 0 aliphatic heterocycles. The second-order valence-electron chi connectivity index (χ2n) is 23.1.